The fraction of sp³-hybridized carbons (Fsp3) is 0.269. The second kappa shape index (κ2) is 8.58. The van der Waals surface area contributed by atoms with E-state index in [4.69, 9.17) is 0 Å². The molecule has 166 valence electrons. The average Bonchev–Trinajstić information content (AvgIpc) is 3.13. The number of hydrogen-bond acceptors (Lipinski definition) is 5. The van der Waals surface area contributed by atoms with E-state index in [0.717, 1.165) is 27.6 Å². The number of rotatable bonds is 6. The normalized spacial score (nSPS) is 17.9. The van der Waals surface area contributed by atoms with Crippen molar-refractivity contribution >= 4 is 34.4 Å². The predicted octanol–water partition coefficient (Wildman–Crippen LogP) is 2.74. The Kier molecular flexibility index (Phi) is 5.46. The van der Waals surface area contributed by atoms with Gasteiger partial charge >= 0.3 is 0 Å². The highest BCUT2D eigenvalue weighted by Crippen LogP contribution is 2.28. The number of piperidine rings is 1. The van der Waals surface area contributed by atoms with Gasteiger partial charge in [0.25, 0.3) is 5.91 Å². The highest BCUT2D eigenvalue weighted by Gasteiger charge is 2.39. The Morgan fingerprint density at radius 2 is 1.91 bits per heavy atom. The van der Waals surface area contributed by atoms with Crippen LogP contribution in [0.3, 0.4) is 0 Å². The van der Waals surface area contributed by atoms with E-state index in [0.29, 0.717) is 37.8 Å². The molecule has 1 unspecified atom stereocenters. The lowest BCUT2D eigenvalue weighted by atomic mass is 9.99. The van der Waals surface area contributed by atoms with Crippen molar-refractivity contribution in [2.45, 2.75) is 44.7 Å². The molecular formula is C26H23N3O4. The van der Waals surface area contributed by atoms with Crippen LogP contribution >= 0.6 is 0 Å². The van der Waals surface area contributed by atoms with Crippen LogP contribution in [0.25, 0.3) is 10.9 Å². The number of amides is 3. The molecule has 0 bridgehead atoms. The Morgan fingerprint density at radius 3 is 2.76 bits per heavy atom. The van der Waals surface area contributed by atoms with E-state index in [9.17, 15) is 19.2 Å². The highest BCUT2D eigenvalue weighted by atomic mass is 16.2. The highest BCUT2D eigenvalue weighted by molar-refractivity contribution is 6.05. The summed E-state index contributed by atoms with van der Waals surface area (Å²) in [5, 5.41) is 3.33. The molecule has 3 aromatic rings. The molecule has 1 atom stereocenters. The number of imide groups is 1. The van der Waals surface area contributed by atoms with Gasteiger partial charge in [-0.3, -0.25) is 29.5 Å². The molecule has 0 aliphatic carbocycles. The molecule has 2 aliphatic rings. The van der Waals surface area contributed by atoms with Gasteiger partial charge in [-0.25, -0.2) is 0 Å². The Morgan fingerprint density at radius 1 is 1.06 bits per heavy atom. The third kappa shape index (κ3) is 4.26. The third-order valence-electron chi connectivity index (χ3n) is 6.35. The first kappa shape index (κ1) is 21.0. The van der Waals surface area contributed by atoms with Gasteiger partial charge in [0.2, 0.25) is 11.8 Å². The summed E-state index contributed by atoms with van der Waals surface area (Å²) in [6.07, 6.45) is 3.70. The van der Waals surface area contributed by atoms with Crippen molar-refractivity contribution in [2.75, 3.05) is 0 Å². The van der Waals surface area contributed by atoms with Crippen LogP contribution in [-0.4, -0.2) is 39.4 Å². The number of fused-ring (bicyclic) bond motifs is 2. The van der Waals surface area contributed by atoms with Gasteiger partial charge in [-0.1, -0.05) is 24.3 Å². The van der Waals surface area contributed by atoms with Gasteiger partial charge in [0, 0.05) is 43.0 Å². The van der Waals surface area contributed by atoms with E-state index in [-0.39, 0.29) is 24.0 Å². The van der Waals surface area contributed by atoms with Crippen molar-refractivity contribution < 1.29 is 19.2 Å². The summed E-state index contributed by atoms with van der Waals surface area (Å²) in [6, 6.07) is 14.7. The van der Waals surface area contributed by atoms with Crippen molar-refractivity contribution in [3.05, 3.63) is 77.0 Å². The maximum absolute atomic E-state index is 12.8. The Hall–Kier alpha value is -3.87. The van der Waals surface area contributed by atoms with Crippen molar-refractivity contribution in [3.8, 4) is 0 Å². The fourth-order valence-electron chi connectivity index (χ4n) is 4.62. The number of aryl methyl sites for hydroxylation is 1. The van der Waals surface area contributed by atoms with Crippen LogP contribution < -0.4 is 5.32 Å². The molecule has 0 radical (unpaired) electrons. The summed E-state index contributed by atoms with van der Waals surface area (Å²) in [7, 11) is 0. The number of carbonyl (C=O) groups is 4. The molecular weight excluding hydrogens is 418 g/mol. The second-order valence-electron chi connectivity index (χ2n) is 8.64. The van der Waals surface area contributed by atoms with E-state index >= 15 is 0 Å². The first-order chi connectivity index (χ1) is 16.0. The number of benzene rings is 2. The van der Waals surface area contributed by atoms with Gasteiger partial charge in [-0.15, -0.1) is 0 Å². The molecule has 7 nitrogen and oxygen atoms in total. The fourth-order valence-corrected chi connectivity index (χ4v) is 4.62. The third-order valence-corrected chi connectivity index (χ3v) is 6.35. The summed E-state index contributed by atoms with van der Waals surface area (Å²) < 4.78 is 0. The summed E-state index contributed by atoms with van der Waals surface area (Å²) in [6.45, 7) is 0.341. The Balaban J connectivity index is 1.21. The van der Waals surface area contributed by atoms with E-state index in [1.165, 1.54) is 4.90 Å². The van der Waals surface area contributed by atoms with Crippen LogP contribution in [-0.2, 0) is 33.8 Å². The molecule has 2 aliphatic heterocycles. The number of pyridine rings is 1. The number of Topliss-reactive ketones (excluding diaryl/α,β-unsaturated/α-hetero) is 1. The number of ketones is 1. The standard InChI is InChI=1S/C26H23N3O4/c30-20(14-17-5-8-22-18(13-17)2-1-11-27-22)6-3-16-4-7-21-19(12-16)15-29(26(21)33)23-9-10-24(31)28-25(23)32/h1-2,4-5,7-8,11-13,23H,3,6,9-10,14-15H2,(H,28,31,32). The van der Waals surface area contributed by atoms with E-state index < -0.39 is 11.9 Å². The van der Waals surface area contributed by atoms with Crippen LogP contribution in [0.2, 0.25) is 0 Å². The lowest BCUT2D eigenvalue weighted by Gasteiger charge is -2.29. The SMILES string of the molecule is O=C(CCc1ccc2c(c1)CN(C1CCC(=O)NC1=O)C2=O)Cc1ccc2ncccc2c1. The van der Waals surface area contributed by atoms with E-state index in [1.54, 1.807) is 12.3 Å². The minimum absolute atomic E-state index is 0.153. The molecule has 1 fully saturated rings. The molecule has 0 spiro atoms. The maximum Gasteiger partial charge on any atom is 0.255 e. The molecule has 3 amide bonds. The first-order valence-electron chi connectivity index (χ1n) is 11.1. The smallest absolute Gasteiger partial charge is 0.255 e. The molecule has 0 saturated carbocycles. The predicted molar refractivity (Wildman–Crippen MR) is 121 cm³/mol. The summed E-state index contributed by atoms with van der Waals surface area (Å²) in [4.78, 5) is 54.8. The number of aromatic nitrogens is 1. The van der Waals surface area contributed by atoms with Gasteiger partial charge < -0.3 is 4.90 Å². The van der Waals surface area contributed by atoms with Crippen LogP contribution in [0.5, 0.6) is 0 Å². The topological polar surface area (TPSA) is 96.4 Å². The zero-order chi connectivity index (χ0) is 22.9. The molecule has 5 rings (SSSR count). The maximum atomic E-state index is 12.8. The van der Waals surface area contributed by atoms with Crippen molar-refractivity contribution in [3.63, 3.8) is 0 Å². The summed E-state index contributed by atoms with van der Waals surface area (Å²) >= 11 is 0. The van der Waals surface area contributed by atoms with Crippen LogP contribution in [0.4, 0.5) is 0 Å². The number of hydrogen-bond donors (Lipinski definition) is 1. The van der Waals surface area contributed by atoms with Gasteiger partial charge in [-0.05, 0) is 53.8 Å². The minimum atomic E-state index is -0.621. The largest absolute Gasteiger partial charge is 0.322 e. The van der Waals surface area contributed by atoms with Gasteiger partial charge in [0.15, 0.2) is 0 Å². The summed E-state index contributed by atoms with van der Waals surface area (Å²) in [5.74, 6) is -0.747. The molecule has 7 heteroatoms. The molecule has 3 heterocycles. The Bertz CT molecular complexity index is 1300. The van der Waals surface area contributed by atoms with E-state index in [2.05, 4.69) is 10.3 Å². The quantitative estimate of drug-likeness (QED) is 0.594. The van der Waals surface area contributed by atoms with E-state index in [1.807, 2.05) is 42.5 Å². The first-order valence-corrected chi connectivity index (χ1v) is 11.1. The van der Waals surface area contributed by atoms with Crippen molar-refractivity contribution in [1.82, 2.24) is 15.2 Å². The second-order valence-corrected chi connectivity index (χ2v) is 8.64. The summed E-state index contributed by atoms with van der Waals surface area (Å²) in [5.41, 5.74) is 4.31. The lowest BCUT2D eigenvalue weighted by Crippen LogP contribution is -2.52. The average molecular weight is 441 g/mol. The van der Waals surface area contributed by atoms with Gasteiger partial charge in [-0.2, -0.15) is 0 Å². The molecule has 2 aromatic carbocycles. The minimum Gasteiger partial charge on any atom is -0.322 e. The number of carbonyl (C=O) groups excluding carboxylic acids is 4. The van der Waals surface area contributed by atoms with Gasteiger partial charge in [0.05, 0.1) is 5.52 Å². The molecule has 33 heavy (non-hydrogen) atoms. The Labute approximate surface area is 190 Å². The number of nitrogens with one attached hydrogen (secondary N) is 1. The van der Waals surface area contributed by atoms with Crippen LogP contribution in [0.15, 0.2) is 54.7 Å². The zero-order valence-electron chi connectivity index (χ0n) is 18.0. The van der Waals surface area contributed by atoms with Gasteiger partial charge in [0.1, 0.15) is 11.8 Å². The zero-order valence-corrected chi connectivity index (χ0v) is 18.0. The molecule has 1 aromatic heterocycles. The lowest BCUT2D eigenvalue weighted by molar-refractivity contribution is -0.137. The monoisotopic (exact) mass is 441 g/mol. The van der Waals surface area contributed by atoms with Crippen molar-refractivity contribution in [1.29, 1.82) is 0 Å². The van der Waals surface area contributed by atoms with Crippen LogP contribution in [0.1, 0.15) is 46.3 Å². The number of nitrogens with zero attached hydrogens (tertiary/aromatic N) is 2. The molecule has 1 saturated heterocycles. The van der Waals surface area contributed by atoms with Crippen LogP contribution in [0, 0.1) is 0 Å². The molecule has 1 N–H and O–H groups in total. The van der Waals surface area contributed by atoms with Crippen molar-refractivity contribution in [2.24, 2.45) is 0 Å².